The molecule has 0 spiro atoms. The van der Waals surface area contributed by atoms with Gasteiger partial charge in [0.05, 0.1) is 5.56 Å². The fourth-order valence-electron chi connectivity index (χ4n) is 2.27. The molecule has 0 aliphatic heterocycles. The zero-order valence-electron chi connectivity index (χ0n) is 15.2. The zero-order valence-corrected chi connectivity index (χ0v) is 15.2. The summed E-state index contributed by atoms with van der Waals surface area (Å²) < 4.78 is 5.11. The van der Waals surface area contributed by atoms with Crippen molar-refractivity contribution in [3.8, 4) is 0 Å². The molecule has 3 amide bonds. The van der Waals surface area contributed by atoms with Crippen LogP contribution < -0.4 is 10.6 Å². The number of hydrogen-bond acceptors (Lipinski definition) is 5. The maximum absolute atomic E-state index is 12.7. The summed E-state index contributed by atoms with van der Waals surface area (Å²) in [4.78, 5) is 48.2. The topological polar surface area (TPSA) is 102 Å². The van der Waals surface area contributed by atoms with Crippen LogP contribution in [0.3, 0.4) is 0 Å². The normalized spacial score (nSPS) is 11.2. The van der Waals surface area contributed by atoms with Crippen LogP contribution in [-0.2, 0) is 9.53 Å². The maximum Gasteiger partial charge on any atom is 0.339 e. The fraction of sp³-hybridized carbons (Fsp3) is 0.200. The van der Waals surface area contributed by atoms with E-state index in [1.807, 2.05) is 12.2 Å². The Morgan fingerprint density at radius 1 is 0.926 bits per heavy atom. The lowest BCUT2D eigenvalue weighted by Gasteiger charge is -2.14. The van der Waals surface area contributed by atoms with Gasteiger partial charge in [-0.25, -0.2) is 9.59 Å². The second kappa shape index (κ2) is 8.75. The van der Waals surface area contributed by atoms with Gasteiger partial charge in [0.2, 0.25) is 0 Å². The van der Waals surface area contributed by atoms with Crippen molar-refractivity contribution >= 4 is 23.7 Å². The van der Waals surface area contributed by atoms with E-state index in [0.717, 1.165) is 5.56 Å². The average molecular weight is 368 g/mol. The van der Waals surface area contributed by atoms with Gasteiger partial charge in [0, 0.05) is 18.2 Å². The Morgan fingerprint density at radius 3 is 2.11 bits per heavy atom. The maximum atomic E-state index is 12.7. The summed E-state index contributed by atoms with van der Waals surface area (Å²) in [5.41, 5.74) is 1.66. The highest BCUT2D eigenvalue weighted by molar-refractivity contribution is 6.14. The summed E-state index contributed by atoms with van der Waals surface area (Å²) >= 11 is 0. The highest BCUT2D eigenvalue weighted by Gasteiger charge is 2.24. The summed E-state index contributed by atoms with van der Waals surface area (Å²) in [7, 11) is 1.35. The van der Waals surface area contributed by atoms with Gasteiger partial charge >= 0.3 is 12.0 Å². The third-order valence-corrected chi connectivity index (χ3v) is 3.82. The molecule has 0 saturated heterocycles. The Labute approximate surface area is 156 Å². The Bertz CT molecular complexity index is 874. The lowest BCUT2D eigenvalue weighted by Crippen LogP contribution is -2.43. The molecule has 0 aromatic heterocycles. The number of imide groups is 1. The lowest BCUT2D eigenvalue weighted by molar-refractivity contribution is -0.127. The van der Waals surface area contributed by atoms with Crippen molar-refractivity contribution in [3.05, 3.63) is 70.8 Å². The first kappa shape index (κ1) is 19.8. The van der Waals surface area contributed by atoms with Crippen LogP contribution in [-0.4, -0.2) is 36.8 Å². The standard InChI is InChI=1S/C20H20N2O5/c1-12-8-10-14(11-9-12)17(23)15-6-4-5-7-16(15)19(25)27-13(2)18(24)22-20(26)21-3/h4-11,13H,1-3H3,(H2,21,22,24,26). The largest absolute Gasteiger partial charge is 0.449 e. The number of carbonyl (C=O) groups excluding carboxylic acids is 4. The Balaban J connectivity index is 2.20. The van der Waals surface area contributed by atoms with E-state index in [1.54, 1.807) is 36.4 Å². The summed E-state index contributed by atoms with van der Waals surface area (Å²) in [6.07, 6.45) is -1.21. The van der Waals surface area contributed by atoms with Gasteiger partial charge in [0.15, 0.2) is 11.9 Å². The van der Waals surface area contributed by atoms with Crippen molar-refractivity contribution in [1.29, 1.82) is 0 Å². The van der Waals surface area contributed by atoms with E-state index in [0.29, 0.717) is 5.56 Å². The summed E-state index contributed by atoms with van der Waals surface area (Å²) in [6.45, 7) is 3.24. The number of esters is 1. The van der Waals surface area contributed by atoms with Crippen molar-refractivity contribution in [3.63, 3.8) is 0 Å². The number of rotatable bonds is 5. The first-order chi connectivity index (χ1) is 12.8. The van der Waals surface area contributed by atoms with Gasteiger partial charge in [0.25, 0.3) is 5.91 Å². The molecule has 2 aromatic rings. The second-order valence-electron chi connectivity index (χ2n) is 5.86. The Hall–Kier alpha value is -3.48. The highest BCUT2D eigenvalue weighted by atomic mass is 16.5. The van der Waals surface area contributed by atoms with Crippen LogP contribution in [0.4, 0.5) is 4.79 Å². The third-order valence-electron chi connectivity index (χ3n) is 3.82. The molecular weight excluding hydrogens is 348 g/mol. The average Bonchev–Trinajstić information content (AvgIpc) is 2.67. The molecule has 2 rings (SSSR count). The minimum atomic E-state index is -1.21. The van der Waals surface area contributed by atoms with Crippen LogP contribution in [0.15, 0.2) is 48.5 Å². The molecule has 1 unspecified atom stereocenters. The molecular formula is C20H20N2O5. The zero-order chi connectivity index (χ0) is 20.0. The van der Waals surface area contributed by atoms with E-state index in [2.05, 4.69) is 5.32 Å². The van der Waals surface area contributed by atoms with E-state index in [9.17, 15) is 19.2 Å². The van der Waals surface area contributed by atoms with E-state index < -0.39 is 24.0 Å². The van der Waals surface area contributed by atoms with Gasteiger partial charge in [-0.15, -0.1) is 0 Å². The van der Waals surface area contributed by atoms with Crippen LogP contribution in [0.5, 0.6) is 0 Å². The molecule has 7 nitrogen and oxygen atoms in total. The second-order valence-corrected chi connectivity index (χ2v) is 5.86. The van der Waals surface area contributed by atoms with Crippen LogP contribution in [0.1, 0.15) is 38.8 Å². The van der Waals surface area contributed by atoms with Crippen molar-refractivity contribution in [2.75, 3.05) is 7.05 Å². The van der Waals surface area contributed by atoms with E-state index in [4.69, 9.17) is 4.74 Å². The predicted octanol–water partition coefficient (Wildman–Crippen LogP) is 2.23. The predicted molar refractivity (Wildman–Crippen MR) is 98.5 cm³/mol. The molecule has 27 heavy (non-hydrogen) atoms. The number of ether oxygens (including phenoxy) is 1. The lowest BCUT2D eigenvalue weighted by atomic mass is 9.98. The van der Waals surface area contributed by atoms with E-state index in [1.165, 1.54) is 26.1 Å². The number of nitrogens with one attached hydrogen (secondary N) is 2. The monoisotopic (exact) mass is 368 g/mol. The van der Waals surface area contributed by atoms with Gasteiger partial charge in [-0.1, -0.05) is 48.0 Å². The van der Waals surface area contributed by atoms with Crippen molar-refractivity contribution in [2.45, 2.75) is 20.0 Å². The molecule has 0 aliphatic carbocycles. The van der Waals surface area contributed by atoms with Gasteiger partial charge in [-0.3, -0.25) is 14.9 Å². The first-order valence-electron chi connectivity index (χ1n) is 8.27. The molecule has 0 heterocycles. The smallest absolute Gasteiger partial charge is 0.339 e. The molecule has 1 atom stereocenters. The molecule has 0 saturated carbocycles. The molecule has 2 aromatic carbocycles. The molecule has 0 bridgehead atoms. The van der Waals surface area contributed by atoms with Gasteiger partial charge < -0.3 is 10.1 Å². The quantitative estimate of drug-likeness (QED) is 0.622. The molecule has 0 aliphatic rings. The van der Waals surface area contributed by atoms with Crippen LogP contribution in [0.2, 0.25) is 0 Å². The molecule has 7 heteroatoms. The number of aryl methyl sites for hydroxylation is 1. The molecule has 2 N–H and O–H groups in total. The van der Waals surface area contributed by atoms with E-state index >= 15 is 0 Å². The summed E-state index contributed by atoms with van der Waals surface area (Å²) in [6, 6.07) is 12.5. The minimum absolute atomic E-state index is 0.0441. The van der Waals surface area contributed by atoms with Gasteiger partial charge in [-0.2, -0.15) is 0 Å². The van der Waals surface area contributed by atoms with Gasteiger partial charge in [-0.05, 0) is 19.9 Å². The molecule has 140 valence electrons. The highest BCUT2D eigenvalue weighted by Crippen LogP contribution is 2.17. The number of amides is 3. The third kappa shape index (κ3) is 5.01. The van der Waals surface area contributed by atoms with E-state index in [-0.39, 0.29) is 16.9 Å². The van der Waals surface area contributed by atoms with Crippen molar-refractivity contribution in [1.82, 2.24) is 10.6 Å². The number of benzene rings is 2. The van der Waals surface area contributed by atoms with Crippen LogP contribution in [0, 0.1) is 6.92 Å². The summed E-state index contributed by atoms with van der Waals surface area (Å²) in [5, 5.41) is 4.25. The number of carbonyl (C=O) groups is 4. The Kier molecular flexibility index (Phi) is 6.43. The van der Waals surface area contributed by atoms with Crippen LogP contribution >= 0.6 is 0 Å². The number of ketones is 1. The summed E-state index contributed by atoms with van der Waals surface area (Å²) in [5.74, 6) is -1.93. The van der Waals surface area contributed by atoms with Crippen molar-refractivity contribution < 1.29 is 23.9 Å². The van der Waals surface area contributed by atoms with Crippen LogP contribution in [0.25, 0.3) is 0 Å². The minimum Gasteiger partial charge on any atom is -0.449 e. The SMILES string of the molecule is CNC(=O)NC(=O)C(C)OC(=O)c1ccccc1C(=O)c1ccc(C)cc1. The molecule has 0 radical (unpaired) electrons. The molecule has 0 fully saturated rings. The van der Waals surface area contributed by atoms with Gasteiger partial charge in [0.1, 0.15) is 0 Å². The fourth-order valence-corrected chi connectivity index (χ4v) is 2.27. The number of hydrogen-bond donors (Lipinski definition) is 2. The Morgan fingerprint density at radius 2 is 1.52 bits per heavy atom. The number of urea groups is 1. The first-order valence-corrected chi connectivity index (χ1v) is 8.27. The van der Waals surface area contributed by atoms with Crippen molar-refractivity contribution in [2.24, 2.45) is 0 Å².